The standard InChI is InChI=1S/C34H40Cl2N4O6/c1-38-18-27(26-5-3-4-6-31(26)38)33(42)37-30-14-28(35)21(11-29(30)36)12-32(41)40-15-22(39-16-25(17-39)45-2)13-23(40)19-46-24-9-7-20(8-10-24)34(43)44/h3-6,11,14,18,20,22-25H,7-10,12-13,15-17,19H2,1-2H3,(H,37,42)(H,43,44)/t20?,22-,23?,24?/m0/s1. The molecule has 0 spiro atoms. The molecule has 1 saturated carbocycles. The number of rotatable bonds is 10. The van der Waals surface area contributed by atoms with E-state index in [-0.39, 0.29) is 48.4 Å². The van der Waals surface area contributed by atoms with Crippen molar-refractivity contribution >= 4 is 57.6 Å². The van der Waals surface area contributed by atoms with Crippen LogP contribution in [0.4, 0.5) is 5.69 Å². The second-order valence-electron chi connectivity index (χ2n) is 12.8. The minimum atomic E-state index is -0.739. The summed E-state index contributed by atoms with van der Waals surface area (Å²) in [5.41, 5.74) is 2.42. The summed E-state index contributed by atoms with van der Waals surface area (Å²) in [7, 11) is 3.61. The second-order valence-corrected chi connectivity index (χ2v) is 13.6. The normalized spacial score (nSPS) is 23.9. The first-order valence-corrected chi connectivity index (χ1v) is 16.6. The fraction of sp³-hybridized carbons (Fsp3) is 0.500. The molecule has 46 heavy (non-hydrogen) atoms. The zero-order chi connectivity index (χ0) is 32.5. The van der Waals surface area contributed by atoms with Gasteiger partial charge in [-0.15, -0.1) is 0 Å². The van der Waals surface area contributed by atoms with E-state index in [0.717, 1.165) is 30.4 Å². The lowest BCUT2D eigenvalue weighted by molar-refractivity contribution is -0.144. The zero-order valence-corrected chi connectivity index (χ0v) is 27.6. The molecule has 6 rings (SSSR count). The Morgan fingerprint density at radius 3 is 2.46 bits per heavy atom. The minimum absolute atomic E-state index is 0.00152. The van der Waals surface area contributed by atoms with E-state index in [1.54, 1.807) is 25.4 Å². The van der Waals surface area contributed by atoms with Gasteiger partial charge in [0.1, 0.15) is 0 Å². The number of carbonyl (C=O) groups excluding carboxylic acids is 2. The van der Waals surface area contributed by atoms with Gasteiger partial charge in [-0.3, -0.25) is 19.3 Å². The number of benzene rings is 2. The Balaban J connectivity index is 1.12. The molecule has 0 bridgehead atoms. The number of methoxy groups -OCH3 is 1. The van der Waals surface area contributed by atoms with Crippen LogP contribution in [0.25, 0.3) is 10.9 Å². The average molecular weight is 672 g/mol. The van der Waals surface area contributed by atoms with Gasteiger partial charge in [-0.1, -0.05) is 41.4 Å². The predicted molar refractivity (Wildman–Crippen MR) is 177 cm³/mol. The van der Waals surface area contributed by atoms with Crippen LogP contribution in [0.5, 0.6) is 0 Å². The van der Waals surface area contributed by atoms with Crippen LogP contribution in [0.3, 0.4) is 0 Å². The van der Waals surface area contributed by atoms with Gasteiger partial charge in [0.2, 0.25) is 5.91 Å². The van der Waals surface area contributed by atoms with E-state index in [4.69, 9.17) is 32.7 Å². The number of hydrogen-bond donors (Lipinski definition) is 2. The Morgan fingerprint density at radius 1 is 1.00 bits per heavy atom. The topological polar surface area (TPSA) is 113 Å². The highest BCUT2D eigenvalue weighted by Crippen LogP contribution is 2.34. The Hall–Kier alpha value is -3.15. The number of aromatic nitrogens is 1. The molecule has 3 aliphatic rings. The number of hydrogen-bond acceptors (Lipinski definition) is 6. The van der Waals surface area contributed by atoms with Gasteiger partial charge in [-0.2, -0.15) is 0 Å². The number of carboxylic acids is 1. The Morgan fingerprint density at radius 2 is 1.74 bits per heavy atom. The number of anilines is 1. The highest BCUT2D eigenvalue weighted by atomic mass is 35.5. The molecule has 2 saturated heterocycles. The average Bonchev–Trinajstić information content (AvgIpc) is 3.59. The number of aryl methyl sites for hydroxylation is 1. The van der Waals surface area contributed by atoms with Crippen LogP contribution in [0.2, 0.25) is 10.0 Å². The molecule has 10 nitrogen and oxygen atoms in total. The van der Waals surface area contributed by atoms with Crippen LogP contribution in [0.15, 0.2) is 42.6 Å². The van der Waals surface area contributed by atoms with E-state index in [2.05, 4.69) is 10.2 Å². The number of amides is 2. The Bertz CT molecular complexity index is 1610. The largest absolute Gasteiger partial charge is 0.481 e. The van der Waals surface area contributed by atoms with Crippen molar-refractivity contribution in [2.45, 2.75) is 62.8 Å². The van der Waals surface area contributed by atoms with Crippen LogP contribution < -0.4 is 5.32 Å². The minimum Gasteiger partial charge on any atom is -0.481 e. The SMILES string of the molecule is COC1CN([C@H]2CC(COC3CCC(C(=O)O)CC3)N(C(=O)Cc3cc(Cl)c(NC(=O)c4cn(C)c5ccccc45)cc3Cl)C2)C1. The molecule has 2 N–H and O–H groups in total. The highest BCUT2D eigenvalue weighted by Gasteiger charge is 2.42. The van der Waals surface area contributed by atoms with Crippen LogP contribution in [-0.2, 0) is 32.5 Å². The summed E-state index contributed by atoms with van der Waals surface area (Å²) in [6.07, 6.45) is 5.48. The number of aliphatic carboxylic acids is 1. The van der Waals surface area contributed by atoms with E-state index >= 15 is 0 Å². The number of ether oxygens (including phenoxy) is 2. The summed E-state index contributed by atoms with van der Waals surface area (Å²) in [4.78, 5) is 42.6. The van der Waals surface area contributed by atoms with Gasteiger partial charge in [0.05, 0.1) is 53.5 Å². The maximum absolute atomic E-state index is 13.8. The number of halogens is 2. The molecule has 2 aliphatic heterocycles. The molecule has 2 atom stereocenters. The molecule has 0 radical (unpaired) electrons. The number of carboxylic acid groups (broad SMARTS) is 1. The lowest BCUT2D eigenvalue weighted by Crippen LogP contribution is -2.56. The Labute approximate surface area is 278 Å². The zero-order valence-electron chi connectivity index (χ0n) is 26.1. The van der Waals surface area contributed by atoms with E-state index in [9.17, 15) is 19.5 Å². The molecule has 1 unspecified atom stereocenters. The lowest BCUT2D eigenvalue weighted by Gasteiger charge is -2.42. The predicted octanol–water partition coefficient (Wildman–Crippen LogP) is 5.24. The third-order valence-electron chi connectivity index (χ3n) is 9.85. The van der Waals surface area contributed by atoms with Gasteiger partial charge >= 0.3 is 5.97 Å². The first kappa shape index (κ1) is 32.8. The number of para-hydroxylation sites is 1. The molecule has 2 amide bonds. The molecule has 246 valence electrons. The van der Waals surface area contributed by atoms with Gasteiger partial charge in [0, 0.05) is 62.0 Å². The molecule has 3 fully saturated rings. The van der Waals surface area contributed by atoms with Gasteiger partial charge in [-0.05, 0) is 55.9 Å². The van der Waals surface area contributed by atoms with Crippen molar-refractivity contribution in [3.8, 4) is 0 Å². The molecule has 2 aromatic carbocycles. The quantitative estimate of drug-likeness (QED) is 0.303. The van der Waals surface area contributed by atoms with E-state index in [1.165, 1.54) is 0 Å². The molecular weight excluding hydrogens is 631 g/mol. The smallest absolute Gasteiger partial charge is 0.306 e. The summed E-state index contributed by atoms with van der Waals surface area (Å²) in [5, 5.41) is 13.7. The van der Waals surface area contributed by atoms with Crippen LogP contribution in [0, 0.1) is 5.92 Å². The number of carbonyl (C=O) groups is 3. The van der Waals surface area contributed by atoms with Crippen molar-refractivity contribution in [1.82, 2.24) is 14.4 Å². The van der Waals surface area contributed by atoms with Crippen LogP contribution in [0.1, 0.15) is 48.0 Å². The van der Waals surface area contributed by atoms with Gasteiger partial charge < -0.3 is 29.4 Å². The third-order valence-corrected chi connectivity index (χ3v) is 10.5. The van der Waals surface area contributed by atoms with Crippen molar-refractivity contribution in [1.29, 1.82) is 0 Å². The number of nitrogens with one attached hydrogen (secondary N) is 1. The number of fused-ring (bicyclic) bond motifs is 1. The fourth-order valence-electron chi connectivity index (χ4n) is 7.06. The van der Waals surface area contributed by atoms with Crippen molar-refractivity contribution in [2.24, 2.45) is 13.0 Å². The molecule has 3 aromatic rings. The molecular formula is C34H40Cl2N4O6. The van der Waals surface area contributed by atoms with E-state index in [0.29, 0.717) is 65.7 Å². The summed E-state index contributed by atoms with van der Waals surface area (Å²) >= 11 is 13.3. The van der Waals surface area contributed by atoms with Crippen LogP contribution in [-0.4, -0.2) is 94.9 Å². The van der Waals surface area contributed by atoms with E-state index in [1.807, 2.05) is 40.8 Å². The second kappa shape index (κ2) is 13.9. The van der Waals surface area contributed by atoms with Crippen molar-refractivity contribution in [3.63, 3.8) is 0 Å². The maximum Gasteiger partial charge on any atom is 0.306 e. The first-order valence-electron chi connectivity index (χ1n) is 15.8. The van der Waals surface area contributed by atoms with Gasteiger partial charge in [0.15, 0.2) is 0 Å². The molecule has 3 heterocycles. The van der Waals surface area contributed by atoms with Crippen LogP contribution >= 0.6 is 23.2 Å². The van der Waals surface area contributed by atoms with Crippen molar-refractivity contribution in [2.75, 3.05) is 38.7 Å². The van der Waals surface area contributed by atoms with Gasteiger partial charge in [-0.25, -0.2) is 0 Å². The molecule has 1 aliphatic carbocycles. The number of likely N-dealkylation sites (tertiary alicyclic amines) is 2. The summed E-state index contributed by atoms with van der Waals surface area (Å²) in [6, 6.07) is 11.0. The van der Waals surface area contributed by atoms with Crippen molar-refractivity contribution < 1.29 is 29.0 Å². The first-order chi connectivity index (χ1) is 22.1. The van der Waals surface area contributed by atoms with Gasteiger partial charge in [0.25, 0.3) is 5.91 Å². The summed E-state index contributed by atoms with van der Waals surface area (Å²) in [6.45, 7) is 2.66. The number of nitrogens with zero attached hydrogens (tertiary/aromatic N) is 3. The summed E-state index contributed by atoms with van der Waals surface area (Å²) < 4.78 is 13.7. The highest BCUT2D eigenvalue weighted by molar-refractivity contribution is 6.36. The molecule has 12 heteroatoms. The third kappa shape index (κ3) is 6.92. The maximum atomic E-state index is 13.8. The monoisotopic (exact) mass is 670 g/mol. The lowest BCUT2D eigenvalue weighted by atomic mass is 9.87. The summed E-state index contributed by atoms with van der Waals surface area (Å²) in [5.74, 6) is -1.41. The molecule has 1 aromatic heterocycles. The van der Waals surface area contributed by atoms with Crippen molar-refractivity contribution in [3.05, 3.63) is 63.8 Å². The Kier molecular flexibility index (Phi) is 9.91. The van der Waals surface area contributed by atoms with E-state index < -0.39 is 5.97 Å². The fourth-order valence-corrected chi connectivity index (χ4v) is 7.52.